The predicted octanol–water partition coefficient (Wildman–Crippen LogP) is 2.40. The van der Waals surface area contributed by atoms with Crippen molar-refractivity contribution in [3.8, 4) is 0 Å². The lowest BCUT2D eigenvalue weighted by atomic mass is 9.84. The summed E-state index contributed by atoms with van der Waals surface area (Å²) in [7, 11) is 0. The minimum absolute atomic E-state index is 0.129. The van der Waals surface area contributed by atoms with Gasteiger partial charge in [-0.25, -0.2) is 0 Å². The Hall–Kier alpha value is -1.13. The van der Waals surface area contributed by atoms with Crippen LogP contribution < -0.4 is 10.2 Å². The average Bonchev–Trinajstić information content (AvgIpc) is 2.73. The van der Waals surface area contributed by atoms with Gasteiger partial charge >= 0.3 is 0 Å². The molecule has 2 aliphatic heterocycles. The summed E-state index contributed by atoms with van der Waals surface area (Å²) in [6.07, 6.45) is 5.78. The molecular weight excluding hydrogens is 260 g/mol. The van der Waals surface area contributed by atoms with Crippen LogP contribution >= 0.6 is 11.6 Å². The molecule has 0 aliphatic carbocycles. The van der Waals surface area contributed by atoms with Gasteiger partial charge in [0.05, 0.1) is 22.9 Å². The minimum Gasteiger partial charge on any atom is -0.370 e. The lowest BCUT2D eigenvalue weighted by Crippen LogP contribution is -2.54. The second kappa shape index (κ2) is 4.76. The van der Waals surface area contributed by atoms with Gasteiger partial charge in [0, 0.05) is 31.2 Å². The van der Waals surface area contributed by atoms with Gasteiger partial charge in [-0.1, -0.05) is 11.6 Å². The molecule has 1 saturated heterocycles. The van der Waals surface area contributed by atoms with Crippen LogP contribution in [-0.4, -0.2) is 36.0 Å². The first kappa shape index (κ1) is 12.9. The lowest BCUT2D eigenvalue weighted by molar-refractivity contribution is 0.371. The van der Waals surface area contributed by atoms with Crippen LogP contribution in [0.15, 0.2) is 17.4 Å². The molecule has 3 rings (SSSR count). The van der Waals surface area contributed by atoms with E-state index in [2.05, 4.69) is 34.0 Å². The SMILES string of the molecule is CC1=NCNC12CCN(c1c(C)cncc1Cl)CC2. The smallest absolute Gasteiger partial charge is 0.0891 e. The van der Waals surface area contributed by atoms with Gasteiger partial charge in [-0.2, -0.15) is 0 Å². The van der Waals surface area contributed by atoms with Crippen LogP contribution in [0, 0.1) is 6.92 Å². The van der Waals surface area contributed by atoms with Crippen LogP contribution in [0.3, 0.4) is 0 Å². The van der Waals surface area contributed by atoms with Gasteiger partial charge in [-0.15, -0.1) is 0 Å². The molecule has 1 fully saturated rings. The van der Waals surface area contributed by atoms with Crippen LogP contribution in [0.4, 0.5) is 5.69 Å². The van der Waals surface area contributed by atoms with Crippen LogP contribution in [0.2, 0.25) is 5.02 Å². The zero-order valence-corrected chi connectivity index (χ0v) is 12.2. The van der Waals surface area contributed by atoms with Gasteiger partial charge in [-0.05, 0) is 32.3 Å². The molecule has 1 spiro atoms. The highest BCUT2D eigenvalue weighted by Crippen LogP contribution is 2.34. The van der Waals surface area contributed by atoms with Crippen molar-refractivity contribution < 1.29 is 0 Å². The molecule has 0 amide bonds. The monoisotopic (exact) mass is 278 g/mol. The Morgan fingerprint density at radius 1 is 1.26 bits per heavy atom. The first-order valence-electron chi connectivity index (χ1n) is 6.74. The molecule has 0 saturated carbocycles. The number of pyridine rings is 1. The number of aryl methyl sites for hydroxylation is 1. The molecule has 4 nitrogen and oxygen atoms in total. The summed E-state index contributed by atoms with van der Waals surface area (Å²) >= 11 is 6.30. The van der Waals surface area contributed by atoms with Gasteiger partial charge in [0.2, 0.25) is 0 Å². The number of piperidine rings is 1. The zero-order valence-electron chi connectivity index (χ0n) is 11.4. The predicted molar refractivity (Wildman–Crippen MR) is 79.3 cm³/mol. The molecule has 0 unspecified atom stereocenters. The first-order valence-corrected chi connectivity index (χ1v) is 7.12. The highest BCUT2D eigenvalue weighted by molar-refractivity contribution is 6.33. The molecule has 3 heterocycles. The van der Waals surface area contributed by atoms with Crippen molar-refractivity contribution in [1.82, 2.24) is 10.3 Å². The van der Waals surface area contributed by atoms with E-state index >= 15 is 0 Å². The maximum Gasteiger partial charge on any atom is 0.0891 e. The summed E-state index contributed by atoms with van der Waals surface area (Å²) in [6.45, 7) is 6.98. The van der Waals surface area contributed by atoms with E-state index in [0.717, 1.165) is 48.9 Å². The van der Waals surface area contributed by atoms with Crippen LogP contribution in [0.5, 0.6) is 0 Å². The van der Waals surface area contributed by atoms with E-state index in [9.17, 15) is 0 Å². The largest absolute Gasteiger partial charge is 0.370 e. The average molecular weight is 279 g/mol. The van der Waals surface area contributed by atoms with E-state index < -0.39 is 0 Å². The summed E-state index contributed by atoms with van der Waals surface area (Å²) in [5.74, 6) is 0. The van der Waals surface area contributed by atoms with Crippen LogP contribution in [0.1, 0.15) is 25.3 Å². The summed E-state index contributed by atoms with van der Waals surface area (Å²) in [5, 5.41) is 4.30. The Kier molecular flexibility index (Phi) is 3.23. The number of nitrogens with zero attached hydrogens (tertiary/aromatic N) is 3. The topological polar surface area (TPSA) is 40.5 Å². The lowest BCUT2D eigenvalue weighted by Gasteiger charge is -2.41. The third-order valence-corrected chi connectivity index (χ3v) is 4.69. The quantitative estimate of drug-likeness (QED) is 0.858. The summed E-state index contributed by atoms with van der Waals surface area (Å²) in [5.41, 5.74) is 3.67. The van der Waals surface area contributed by atoms with Crippen molar-refractivity contribution in [2.45, 2.75) is 32.2 Å². The van der Waals surface area contributed by atoms with E-state index in [1.54, 1.807) is 6.20 Å². The van der Waals surface area contributed by atoms with Crippen molar-refractivity contribution in [3.05, 3.63) is 23.0 Å². The number of nitrogens with one attached hydrogen (secondary N) is 1. The molecule has 0 radical (unpaired) electrons. The molecule has 0 aromatic carbocycles. The third kappa shape index (κ3) is 2.13. The summed E-state index contributed by atoms with van der Waals surface area (Å²) < 4.78 is 0. The van der Waals surface area contributed by atoms with Crippen molar-refractivity contribution in [2.75, 3.05) is 24.7 Å². The first-order chi connectivity index (χ1) is 9.12. The molecule has 19 heavy (non-hydrogen) atoms. The Labute approximate surface area is 118 Å². The number of anilines is 1. The summed E-state index contributed by atoms with van der Waals surface area (Å²) in [4.78, 5) is 11.0. The number of hydrogen-bond donors (Lipinski definition) is 1. The molecule has 2 aliphatic rings. The van der Waals surface area contributed by atoms with E-state index in [4.69, 9.17) is 11.6 Å². The fourth-order valence-electron chi connectivity index (χ4n) is 3.16. The van der Waals surface area contributed by atoms with E-state index in [1.165, 1.54) is 5.71 Å². The van der Waals surface area contributed by atoms with Gasteiger partial charge in [0.25, 0.3) is 0 Å². The molecule has 102 valence electrons. The van der Waals surface area contributed by atoms with E-state index in [0.29, 0.717) is 0 Å². The normalized spacial score (nSPS) is 21.8. The number of aliphatic imine (C=N–C) groups is 1. The molecule has 0 bridgehead atoms. The highest BCUT2D eigenvalue weighted by atomic mass is 35.5. The number of hydrogen-bond acceptors (Lipinski definition) is 4. The molecular formula is C14H19ClN4. The van der Waals surface area contributed by atoms with Crippen molar-refractivity contribution in [3.63, 3.8) is 0 Å². The van der Waals surface area contributed by atoms with Crippen LogP contribution in [-0.2, 0) is 0 Å². The van der Waals surface area contributed by atoms with Crippen molar-refractivity contribution >= 4 is 23.0 Å². The Balaban J connectivity index is 1.79. The summed E-state index contributed by atoms with van der Waals surface area (Å²) in [6, 6.07) is 0. The molecule has 1 aromatic rings. The second-order valence-corrected chi connectivity index (χ2v) is 5.84. The van der Waals surface area contributed by atoms with Crippen LogP contribution in [0.25, 0.3) is 0 Å². The maximum absolute atomic E-state index is 6.30. The molecule has 1 N–H and O–H groups in total. The van der Waals surface area contributed by atoms with E-state index in [-0.39, 0.29) is 5.54 Å². The van der Waals surface area contributed by atoms with Crippen molar-refractivity contribution in [2.24, 2.45) is 4.99 Å². The van der Waals surface area contributed by atoms with E-state index in [1.807, 2.05) is 6.20 Å². The third-order valence-electron chi connectivity index (χ3n) is 4.42. The van der Waals surface area contributed by atoms with Gasteiger partial charge in [0.1, 0.15) is 0 Å². The Bertz CT molecular complexity index is 498. The maximum atomic E-state index is 6.30. The van der Waals surface area contributed by atoms with Gasteiger partial charge in [0.15, 0.2) is 0 Å². The Morgan fingerprint density at radius 2 is 2.00 bits per heavy atom. The number of halogens is 1. The minimum atomic E-state index is 0.129. The van der Waals surface area contributed by atoms with Gasteiger partial charge < -0.3 is 4.90 Å². The highest BCUT2D eigenvalue weighted by Gasteiger charge is 2.39. The Morgan fingerprint density at radius 3 is 2.58 bits per heavy atom. The van der Waals surface area contributed by atoms with Gasteiger partial charge in [-0.3, -0.25) is 15.3 Å². The molecule has 5 heteroatoms. The second-order valence-electron chi connectivity index (χ2n) is 5.43. The fourth-order valence-corrected chi connectivity index (χ4v) is 3.49. The number of aromatic nitrogens is 1. The van der Waals surface area contributed by atoms with Crippen molar-refractivity contribution in [1.29, 1.82) is 0 Å². The standard InChI is InChI=1S/C14H19ClN4/c1-10-7-16-8-12(15)13(10)19-5-3-14(4-6-19)11(2)17-9-18-14/h7-8,18H,3-6,9H2,1-2H3. The number of rotatable bonds is 1. The molecule has 0 atom stereocenters. The molecule has 1 aromatic heterocycles. The fraction of sp³-hybridized carbons (Fsp3) is 0.571. The zero-order chi connectivity index (χ0) is 13.5.